The maximum atomic E-state index is 11.2. The standard InChI is InChI=1S/C15H24N2O9/c18-12(19)7-16(8-13(20)21)5-6-17(9-14(22)23)10-3-1-2-4-11(10)26-15(24)25/h10-11H,1-9H2,(H,18,19)(H,20,21)(H,22,23)(H,24,25)/t10-,11-/m1/s1. The van der Waals surface area contributed by atoms with Crippen molar-refractivity contribution in [2.45, 2.75) is 37.8 Å². The van der Waals surface area contributed by atoms with Crippen molar-refractivity contribution in [3.05, 3.63) is 0 Å². The van der Waals surface area contributed by atoms with Crippen LogP contribution in [0, 0.1) is 0 Å². The largest absolute Gasteiger partial charge is 0.506 e. The van der Waals surface area contributed by atoms with Crippen LogP contribution in [0.25, 0.3) is 0 Å². The normalized spacial score (nSPS) is 20.1. The zero-order valence-electron chi connectivity index (χ0n) is 14.2. The second-order valence-electron chi connectivity index (χ2n) is 6.14. The Labute approximate surface area is 149 Å². The zero-order valence-corrected chi connectivity index (χ0v) is 14.2. The van der Waals surface area contributed by atoms with Gasteiger partial charge < -0.3 is 25.2 Å². The molecule has 0 unspecified atom stereocenters. The molecule has 11 nitrogen and oxygen atoms in total. The van der Waals surface area contributed by atoms with Crippen molar-refractivity contribution in [2.75, 3.05) is 32.7 Å². The number of carbonyl (C=O) groups is 4. The van der Waals surface area contributed by atoms with Gasteiger partial charge in [-0.25, -0.2) is 4.79 Å². The Bertz CT molecular complexity index is 509. The fourth-order valence-electron chi connectivity index (χ4n) is 3.16. The molecule has 148 valence electrons. The molecule has 11 heteroatoms. The van der Waals surface area contributed by atoms with Gasteiger partial charge in [-0.2, -0.15) is 0 Å². The molecule has 0 aromatic carbocycles. The first-order valence-electron chi connectivity index (χ1n) is 8.20. The van der Waals surface area contributed by atoms with Gasteiger partial charge in [0, 0.05) is 19.1 Å². The number of aliphatic carboxylic acids is 3. The highest BCUT2D eigenvalue weighted by Gasteiger charge is 2.34. The minimum absolute atomic E-state index is 0.0160. The van der Waals surface area contributed by atoms with Crippen LogP contribution >= 0.6 is 0 Å². The van der Waals surface area contributed by atoms with Gasteiger partial charge in [-0.3, -0.25) is 24.2 Å². The molecule has 0 radical (unpaired) electrons. The van der Waals surface area contributed by atoms with E-state index in [0.717, 1.165) is 12.8 Å². The van der Waals surface area contributed by atoms with Gasteiger partial charge in [0.15, 0.2) is 0 Å². The van der Waals surface area contributed by atoms with Crippen LogP contribution in [0.4, 0.5) is 4.79 Å². The lowest BCUT2D eigenvalue weighted by Crippen LogP contribution is -2.51. The minimum atomic E-state index is -1.43. The molecule has 0 amide bonds. The zero-order chi connectivity index (χ0) is 19.7. The van der Waals surface area contributed by atoms with Gasteiger partial charge in [0.1, 0.15) is 6.10 Å². The van der Waals surface area contributed by atoms with E-state index in [1.807, 2.05) is 0 Å². The SMILES string of the molecule is O=C(O)CN(CCN(CC(=O)O)[C@@H]1CCCC[C@H]1OC(=O)O)CC(=O)O. The predicted molar refractivity (Wildman–Crippen MR) is 86.1 cm³/mol. The van der Waals surface area contributed by atoms with Crippen molar-refractivity contribution < 1.29 is 44.3 Å². The van der Waals surface area contributed by atoms with Crippen LogP contribution < -0.4 is 0 Å². The number of carboxylic acid groups (broad SMARTS) is 4. The van der Waals surface area contributed by atoms with Crippen molar-refractivity contribution in [3.8, 4) is 0 Å². The van der Waals surface area contributed by atoms with E-state index in [4.69, 9.17) is 25.2 Å². The number of carboxylic acids is 3. The molecule has 0 aliphatic heterocycles. The van der Waals surface area contributed by atoms with E-state index in [2.05, 4.69) is 0 Å². The fraction of sp³-hybridized carbons (Fsp3) is 0.733. The molecule has 1 fully saturated rings. The molecule has 1 aliphatic rings. The van der Waals surface area contributed by atoms with Crippen molar-refractivity contribution in [3.63, 3.8) is 0 Å². The molecule has 0 bridgehead atoms. The molecule has 0 saturated heterocycles. The molecule has 1 rings (SSSR count). The molecule has 0 aromatic heterocycles. The third kappa shape index (κ3) is 8.12. The maximum absolute atomic E-state index is 11.2. The van der Waals surface area contributed by atoms with E-state index in [-0.39, 0.29) is 19.6 Å². The summed E-state index contributed by atoms with van der Waals surface area (Å²) < 4.78 is 4.88. The van der Waals surface area contributed by atoms with Crippen LogP contribution in [0.2, 0.25) is 0 Å². The van der Waals surface area contributed by atoms with E-state index < -0.39 is 49.3 Å². The van der Waals surface area contributed by atoms with Crippen LogP contribution in [-0.4, -0.2) is 99.2 Å². The molecule has 0 heterocycles. The van der Waals surface area contributed by atoms with Crippen LogP contribution in [0.15, 0.2) is 0 Å². The molecule has 0 aromatic rings. The summed E-state index contributed by atoms with van der Waals surface area (Å²) in [6.45, 7) is -1.27. The Hall–Kier alpha value is -2.40. The summed E-state index contributed by atoms with van der Waals surface area (Å²) >= 11 is 0. The first kappa shape index (κ1) is 21.6. The van der Waals surface area contributed by atoms with Crippen molar-refractivity contribution >= 4 is 24.1 Å². The van der Waals surface area contributed by atoms with Gasteiger partial charge in [0.2, 0.25) is 0 Å². The van der Waals surface area contributed by atoms with E-state index in [9.17, 15) is 19.2 Å². The highest BCUT2D eigenvalue weighted by Crippen LogP contribution is 2.26. The Balaban J connectivity index is 2.82. The average molecular weight is 376 g/mol. The maximum Gasteiger partial charge on any atom is 0.506 e. The summed E-state index contributed by atoms with van der Waals surface area (Å²) in [6.07, 6.45) is 0.460. The summed E-state index contributed by atoms with van der Waals surface area (Å²) in [4.78, 5) is 46.5. The van der Waals surface area contributed by atoms with E-state index in [0.29, 0.717) is 12.8 Å². The lowest BCUT2D eigenvalue weighted by atomic mass is 9.91. The molecule has 2 atom stereocenters. The van der Waals surface area contributed by atoms with E-state index >= 15 is 0 Å². The minimum Gasteiger partial charge on any atom is -0.480 e. The number of hydrogen-bond acceptors (Lipinski definition) is 7. The van der Waals surface area contributed by atoms with Crippen molar-refractivity contribution in [1.29, 1.82) is 0 Å². The summed E-state index contributed by atoms with van der Waals surface area (Å²) in [5, 5.41) is 35.7. The quantitative estimate of drug-likeness (QED) is 0.354. The van der Waals surface area contributed by atoms with Gasteiger partial charge in [0.05, 0.1) is 19.6 Å². The molecule has 0 spiro atoms. The fourth-order valence-corrected chi connectivity index (χ4v) is 3.16. The second kappa shape index (κ2) is 10.6. The highest BCUT2D eigenvalue weighted by molar-refractivity contribution is 5.72. The van der Waals surface area contributed by atoms with Crippen LogP contribution in [-0.2, 0) is 19.1 Å². The summed E-state index contributed by atoms with van der Waals surface area (Å²) in [6, 6.07) is -0.451. The monoisotopic (exact) mass is 376 g/mol. The predicted octanol–water partition coefficient (Wildman–Crippen LogP) is -0.150. The van der Waals surface area contributed by atoms with Crippen molar-refractivity contribution in [2.24, 2.45) is 0 Å². The molecule has 1 saturated carbocycles. The van der Waals surface area contributed by atoms with Gasteiger partial charge in [0.25, 0.3) is 0 Å². The molecular weight excluding hydrogens is 352 g/mol. The molecule has 4 N–H and O–H groups in total. The molecular formula is C15H24N2O9. The smallest absolute Gasteiger partial charge is 0.480 e. The van der Waals surface area contributed by atoms with Gasteiger partial charge in [-0.15, -0.1) is 0 Å². The summed E-state index contributed by atoms with van der Waals surface area (Å²) in [7, 11) is 0. The van der Waals surface area contributed by atoms with Gasteiger partial charge in [-0.1, -0.05) is 6.42 Å². The summed E-state index contributed by atoms with van der Waals surface area (Å²) in [5.41, 5.74) is 0. The first-order valence-corrected chi connectivity index (χ1v) is 8.20. The van der Waals surface area contributed by atoms with Crippen LogP contribution in [0.3, 0.4) is 0 Å². The number of nitrogens with zero attached hydrogens (tertiary/aromatic N) is 2. The third-order valence-electron chi connectivity index (χ3n) is 4.15. The number of rotatable bonds is 11. The van der Waals surface area contributed by atoms with E-state index in [1.54, 1.807) is 0 Å². The lowest BCUT2D eigenvalue weighted by molar-refractivity contribution is -0.144. The number of hydrogen-bond donors (Lipinski definition) is 4. The first-order chi connectivity index (χ1) is 12.2. The van der Waals surface area contributed by atoms with Crippen LogP contribution in [0.1, 0.15) is 25.7 Å². The Morgan fingerprint density at radius 2 is 1.35 bits per heavy atom. The Kier molecular flexibility index (Phi) is 8.79. The van der Waals surface area contributed by atoms with Gasteiger partial charge >= 0.3 is 24.1 Å². The lowest BCUT2D eigenvalue weighted by Gasteiger charge is -2.38. The average Bonchev–Trinajstić information content (AvgIpc) is 2.49. The molecule has 26 heavy (non-hydrogen) atoms. The second-order valence-corrected chi connectivity index (χ2v) is 6.14. The third-order valence-corrected chi connectivity index (χ3v) is 4.15. The van der Waals surface area contributed by atoms with Crippen molar-refractivity contribution in [1.82, 2.24) is 9.80 Å². The Morgan fingerprint density at radius 3 is 1.85 bits per heavy atom. The topological polar surface area (TPSA) is 165 Å². The molecule has 1 aliphatic carbocycles. The van der Waals surface area contributed by atoms with E-state index in [1.165, 1.54) is 9.80 Å². The van der Waals surface area contributed by atoms with Gasteiger partial charge in [-0.05, 0) is 19.3 Å². The van der Waals surface area contributed by atoms with Crippen LogP contribution in [0.5, 0.6) is 0 Å². The summed E-state index contributed by atoms with van der Waals surface area (Å²) in [5.74, 6) is -3.51. The number of ether oxygens (including phenoxy) is 1. The highest BCUT2D eigenvalue weighted by atomic mass is 16.7. The Morgan fingerprint density at radius 1 is 0.808 bits per heavy atom.